The second-order valence-corrected chi connectivity index (χ2v) is 4.96. The van der Waals surface area contributed by atoms with Crippen LogP contribution in [0.2, 0.25) is 0 Å². The number of amides is 1. The predicted octanol–water partition coefficient (Wildman–Crippen LogP) is 2.51. The fourth-order valence-corrected chi connectivity index (χ4v) is 2.47. The molecule has 0 heterocycles. The van der Waals surface area contributed by atoms with Crippen molar-refractivity contribution in [3.8, 4) is 0 Å². The van der Waals surface area contributed by atoms with Crippen LogP contribution in [0, 0.1) is 0 Å². The molecular weight excluding hydrogens is 230 g/mol. The Bertz CT molecular complexity index is 270. The Labute approximate surface area is 110 Å². The summed E-state index contributed by atoms with van der Waals surface area (Å²) in [5, 5.41) is 0. The van der Waals surface area contributed by atoms with Crippen LogP contribution in [0.25, 0.3) is 0 Å². The first-order valence-corrected chi connectivity index (χ1v) is 7.06. The summed E-state index contributed by atoms with van der Waals surface area (Å²) in [6, 6.07) is 0.363. The molecule has 104 valence electrons. The molecule has 0 spiro atoms. The zero-order chi connectivity index (χ0) is 13.4. The Hall–Kier alpha value is -1.06. The molecule has 0 atom stereocenters. The largest absolute Gasteiger partial charge is 0.466 e. The fraction of sp³-hybridized carbons (Fsp3) is 0.857. The molecule has 1 fully saturated rings. The summed E-state index contributed by atoms with van der Waals surface area (Å²) in [4.78, 5) is 25.0. The molecule has 1 aliphatic carbocycles. The van der Waals surface area contributed by atoms with Crippen molar-refractivity contribution in [3.63, 3.8) is 0 Å². The van der Waals surface area contributed by atoms with E-state index in [4.69, 9.17) is 4.74 Å². The van der Waals surface area contributed by atoms with Crippen molar-refractivity contribution in [2.24, 2.45) is 0 Å². The Balaban J connectivity index is 2.33. The average Bonchev–Trinajstić information content (AvgIpc) is 2.64. The normalized spacial score (nSPS) is 17.0. The van der Waals surface area contributed by atoms with Crippen molar-refractivity contribution >= 4 is 11.9 Å². The van der Waals surface area contributed by atoms with Crippen LogP contribution < -0.4 is 0 Å². The third kappa shape index (κ3) is 5.07. The highest BCUT2D eigenvalue weighted by Gasteiger charge is 2.21. The highest BCUT2D eigenvalue weighted by atomic mass is 16.5. The van der Waals surface area contributed by atoms with Gasteiger partial charge in [0.2, 0.25) is 5.91 Å². The minimum absolute atomic E-state index is 0.0648. The summed E-state index contributed by atoms with van der Waals surface area (Å²) in [7, 11) is 1.86. The topological polar surface area (TPSA) is 46.6 Å². The molecular formula is C14H25NO3. The molecule has 0 saturated heterocycles. The van der Waals surface area contributed by atoms with Gasteiger partial charge in [0.1, 0.15) is 0 Å². The van der Waals surface area contributed by atoms with Gasteiger partial charge in [-0.05, 0) is 19.8 Å². The zero-order valence-corrected chi connectivity index (χ0v) is 11.6. The van der Waals surface area contributed by atoms with Crippen molar-refractivity contribution < 1.29 is 14.3 Å². The summed E-state index contributed by atoms with van der Waals surface area (Å²) >= 11 is 0. The van der Waals surface area contributed by atoms with Crippen LogP contribution in [0.15, 0.2) is 0 Å². The van der Waals surface area contributed by atoms with Gasteiger partial charge >= 0.3 is 5.97 Å². The second kappa shape index (κ2) is 8.11. The first-order valence-electron chi connectivity index (χ1n) is 7.06. The van der Waals surface area contributed by atoms with E-state index in [-0.39, 0.29) is 24.7 Å². The molecule has 18 heavy (non-hydrogen) atoms. The SMILES string of the molecule is CCOC(=O)CCC(=O)N(C)C1CCCCCC1. The number of hydrogen-bond acceptors (Lipinski definition) is 3. The van der Waals surface area contributed by atoms with Crippen molar-refractivity contribution in [3.05, 3.63) is 0 Å². The number of esters is 1. The summed E-state index contributed by atoms with van der Waals surface area (Å²) in [5.41, 5.74) is 0. The maximum atomic E-state index is 12.0. The minimum atomic E-state index is -0.278. The summed E-state index contributed by atoms with van der Waals surface area (Å²) in [5.74, 6) is -0.213. The number of carbonyl (C=O) groups is 2. The smallest absolute Gasteiger partial charge is 0.306 e. The van der Waals surface area contributed by atoms with Gasteiger partial charge in [-0.1, -0.05) is 25.7 Å². The van der Waals surface area contributed by atoms with Gasteiger partial charge in [0.25, 0.3) is 0 Å². The van der Waals surface area contributed by atoms with Gasteiger partial charge in [-0.2, -0.15) is 0 Å². The summed E-state index contributed by atoms with van der Waals surface area (Å²) in [6.45, 7) is 2.16. The highest BCUT2D eigenvalue weighted by molar-refractivity contribution is 5.81. The second-order valence-electron chi connectivity index (χ2n) is 4.96. The van der Waals surface area contributed by atoms with Crippen LogP contribution in [0.1, 0.15) is 58.3 Å². The first-order chi connectivity index (χ1) is 8.65. The lowest BCUT2D eigenvalue weighted by atomic mass is 10.1. The lowest BCUT2D eigenvalue weighted by Crippen LogP contribution is -2.36. The minimum Gasteiger partial charge on any atom is -0.466 e. The van der Waals surface area contributed by atoms with E-state index in [1.54, 1.807) is 6.92 Å². The predicted molar refractivity (Wildman–Crippen MR) is 70.1 cm³/mol. The number of ether oxygens (including phenoxy) is 1. The van der Waals surface area contributed by atoms with Crippen LogP contribution in [-0.2, 0) is 14.3 Å². The van der Waals surface area contributed by atoms with Gasteiger partial charge in [-0.15, -0.1) is 0 Å². The van der Waals surface area contributed by atoms with Gasteiger partial charge < -0.3 is 9.64 Å². The van der Waals surface area contributed by atoms with E-state index in [0.717, 1.165) is 12.8 Å². The molecule has 1 amide bonds. The molecule has 4 heteroatoms. The van der Waals surface area contributed by atoms with Crippen LogP contribution >= 0.6 is 0 Å². The third-order valence-corrected chi connectivity index (χ3v) is 3.61. The highest BCUT2D eigenvalue weighted by Crippen LogP contribution is 2.21. The molecule has 1 saturated carbocycles. The van der Waals surface area contributed by atoms with Gasteiger partial charge in [0.05, 0.1) is 13.0 Å². The van der Waals surface area contributed by atoms with E-state index in [1.165, 1.54) is 25.7 Å². The fourth-order valence-electron chi connectivity index (χ4n) is 2.47. The Morgan fingerprint density at radius 3 is 2.28 bits per heavy atom. The number of carbonyl (C=O) groups excluding carboxylic acids is 2. The quantitative estimate of drug-likeness (QED) is 0.560. The number of hydrogen-bond donors (Lipinski definition) is 0. The lowest BCUT2D eigenvalue weighted by molar-refractivity contribution is -0.145. The molecule has 1 rings (SSSR count). The Morgan fingerprint density at radius 1 is 1.11 bits per heavy atom. The molecule has 0 N–H and O–H groups in total. The number of nitrogens with zero attached hydrogens (tertiary/aromatic N) is 1. The average molecular weight is 255 g/mol. The molecule has 0 bridgehead atoms. The maximum absolute atomic E-state index is 12.0. The summed E-state index contributed by atoms with van der Waals surface area (Å²) in [6.07, 6.45) is 7.64. The van der Waals surface area contributed by atoms with Gasteiger partial charge in [-0.25, -0.2) is 0 Å². The Kier molecular flexibility index (Phi) is 6.76. The molecule has 0 radical (unpaired) electrons. The van der Waals surface area contributed by atoms with E-state index in [2.05, 4.69) is 0 Å². The van der Waals surface area contributed by atoms with Crippen molar-refractivity contribution in [2.45, 2.75) is 64.3 Å². The summed E-state index contributed by atoms with van der Waals surface area (Å²) < 4.78 is 4.83. The number of rotatable bonds is 5. The van der Waals surface area contributed by atoms with Crippen molar-refractivity contribution in [2.75, 3.05) is 13.7 Å². The molecule has 0 aromatic rings. The van der Waals surface area contributed by atoms with E-state index >= 15 is 0 Å². The molecule has 0 aromatic heterocycles. The third-order valence-electron chi connectivity index (χ3n) is 3.61. The molecule has 1 aliphatic rings. The molecule has 0 aliphatic heterocycles. The first kappa shape index (κ1) is 15.0. The molecule has 4 nitrogen and oxygen atoms in total. The monoisotopic (exact) mass is 255 g/mol. The van der Waals surface area contributed by atoms with Crippen LogP contribution in [0.3, 0.4) is 0 Å². The van der Waals surface area contributed by atoms with Gasteiger partial charge in [-0.3, -0.25) is 9.59 Å². The van der Waals surface area contributed by atoms with Crippen LogP contribution in [0.5, 0.6) is 0 Å². The van der Waals surface area contributed by atoms with Crippen LogP contribution in [0.4, 0.5) is 0 Å². The van der Waals surface area contributed by atoms with Gasteiger partial charge in [0, 0.05) is 19.5 Å². The van der Waals surface area contributed by atoms with Crippen molar-refractivity contribution in [1.82, 2.24) is 4.90 Å². The Morgan fingerprint density at radius 2 is 1.72 bits per heavy atom. The van der Waals surface area contributed by atoms with Crippen molar-refractivity contribution in [1.29, 1.82) is 0 Å². The van der Waals surface area contributed by atoms with E-state index in [9.17, 15) is 9.59 Å². The lowest BCUT2D eigenvalue weighted by Gasteiger charge is -2.27. The molecule has 0 aromatic carbocycles. The standard InChI is InChI=1S/C14H25NO3/c1-3-18-14(17)11-10-13(16)15(2)12-8-6-4-5-7-9-12/h12H,3-11H2,1-2H3. The van der Waals surface area contributed by atoms with E-state index in [0.29, 0.717) is 12.6 Å². The van der Waals surface area contributed by atoms with Gasteiger partial charge in [0.15, 0.2) is 0 Å². The van der Waals surface area contributed by atoms with E-state index < -0.39 is 0 Å². The maximum Gasteiger partial charge on any atom is 0.306 e. The zero-order valence-electron chi connectivity index (χ0n) is 11.6. The van der Waals surface area contributed by atoms with Crippen LogP contribution in [-0.4, -0.2) is 36.5 Å². The van der Waals surface area contributed by atoms with E-state index in [1.807, 2.05) is 11.9 Å². The molecule has 0 unspecified atom stereocenters.